The number of rotatable bonds is 4. The maximum Gasteiger partial charge on any atom is 0.267 e. The molecule has 7 heteroatoms. The van der Waals surface area contributed by atoms with Crippen molar-refractivity contribution in [3.05, 3.63) is 73.4 Å². The third-order valence-electron chi connectivity index (χ3n) is 5.05. The van der Waals surface area contributed by atoms with Gasteiger partial charge >= 0.3 is 0 Å². The summed E-state index contributed by atoms with van der Waals surface area (Å²) in [5, 5.41) is 22.5. The van der Waals surface area contributed by atoms with Crippen molar-refractivity contribution in [2.24, 2.45) is 0 Å². The van der Waals surface area contributed by atoms with Crippen LogP contribution < -0.4 is 5.32 Å². The molecule has 5 nitrogen and oxygen atoms in total. The van der Waals surface area contributed by atoms with E-state index < -0.39 is 5.91 Å². The first-order chi connectivity index (χ1) is 14.6. The van der Waals surface area contributed by atoms with Gasteiger partial charge in [0.2, 0.25) is 0 Å². The van der Waals surface area contributed by atoms with Gasteiger partial charge in [0.1, 0.15) is 22.7 Å². The Morgan fingerprint density at radius 3 is 2.67 bits per heavy atom. The molecular weight excluding hydrogens is 507 g/mol. The molecule has 1 N–H and O–H groups in total. The second kappa shape index (κ2) is 8.86. The Labute approximate surface area is 192 Å². The summed E-state index contributed by atoms with van der Waals surface area (Å²) < 4.78 is 3.05. The fourth-order valence-corrected chi connectivity index (χ4v) is 5.18. The minimum atomic E-state index is -0.497. The van der Waals surface area contributed by atoms with E-state index in [-0.39, 0.29) is 5.57 Å². The number of nitrogens with zero attached hydrogens (tertiary/aromatic N) is 3. The molecule has 0 spiro atoms. The maximum atomic E-state index is 12.8. The number of benzene rings is 1. The number of carbonyl (C=O) groups excluding carboxylic acids is 1. The Balaban J connectivity index is 1.62. The first-order valence-electron chi connectivity index (χ1n) is 9.52. The number of fused-ring (bicyclic) bond motifs is 1. The van der Waals surface area contributed by atoms with Gasteiger partial charge < -0.3 is 9.88 Å². The van der Waals surface area contributed by atoms with Crippen molar-refractivity contribution in [1.82, 2.24) is 4.57 Å². The molecule has 3 aromatic rings. The lowest BCUT2D eigenvalue weighted by Gasteiger charge is -2.09. The molecular formula is C23H17IN4OS. The van der Waals surface area contributed by atoms with Gasteiger partial charge in [-0.1, -0.05) is 0 Å². The van der Waals surface area contributed by atoms with Gasteiger partial charge in [0.15, 0.2) is 0 Å². The predicted octanol–water partition coefficient (Wildman–Crippen LogP) is 5.44. The van der Waals surface area contributed by atoms with E-state index in [1.807, 2.05) is 53.2 Å². The Morgan fingerprint density at radius 1 is 1.17 bits per heavy atom. The van der Waals surface area contributed by atoms with Gasteiger partial charge in [-0.2, -0.15) is 10.5 Å². The highest BCUT2D eigenvalue weighted by Gasteiger charge is 2.22. The number of aromatic nitrogens is 1. The van der Waals surface area contributed by atoms with Gasteiger partial charge in [0, 0.05) is 26.0 Å². The van der Waals surface area contributed by atoms with Crippen LogP contribution in [0.2, 0.25) is 0 Å². The molecule has 30 heavy (non-hydrogen) atoms. The van der Waals surface area contributed by atoms with Crippen molar-refractivity contribution < 1.29 is 4.79 Å². The average Bonchev–Trinajstić information content (AvgIpc) is 3.36. The topological polar surface area (TPSA) is 81.6 Å². The minimum Gasteiger partial charge on any atom is -0.317 e. The van der Waals surface area contributed by atoms with Crippen molar-refractivity contribution >= 4 is 50.9 Å². The molecule has 148 valence electrons. The number of carbonyl (C=O) groups is 1. The van der Waals surface area contributed by atoms with Crippen molar-refractivity contribution in [3.63, 3.8) is 0 Å². The number of anilines is 1. The zero-order chi connectivity index (χ0) is 21.1. The molecule has 0 saturated heterocycles. The van der Waals surface area contributed by atoms with E-state index in [9.17, 15) is 15.3 Å². The molecule has 0 saturated carbocycles. The van der Waals surface area contributed by atoms with E-state index in [0.29, 0.717) is 10.6 Å². The summed E-state index contributed by atoms with van der Waals surface area (Å²) in [6.07, 6.45) is 7.44. The zero-order valence-electron chi connectivity index (χ0n) is 16.0. The molecule has 0 fully saturated rings. The maximum absolute atomic E-state index is 12.8. The highest BCUT2D eigenvalue weighted by molar-refractivity contribution is 14.1. The first kappa shape index (κ1) is 20.4. The molecule has 2 heterocycles. The van der Waals surface area contributed by atoms with Crippen molar-refractivity contribution in [2.75, 3.05) is 5.32 Å². The molecule has 1 aliphatic rings. The minimum absolute atomic E-state index is 0.00396. The number of nitrogens with one attached hydrogen (secondary N) is 1. The molecule has 0 aliphatic heterocycles. The van der Waals surface area contributed by atoms with E-state index >= 15 is 0 Å². The van der Waals surface area contributed by atoms with E-state index in [1.165, 1.54) is 16.2 Å². The lowest BCUT2D eigenvalue weighted by molar-refractivity contribution is -0.112. The van der Waals surface area contributed by atoms with Crippen LogP contribution >= 0.6 is 33.9 Å². The second-order valence-corrected chi connectivity index (χ2v) is 9.28. The number of hydrogen-bond donors (Lipinski definition) is 1. The van der Waals surface area contributed by atoms with Crippen LogP contribution in [0, 0.1) is 26.2 Å². The molecule has 0 bridgehead atoms. The van der Waals surface area contributed by atoms with Crippen LogP contribution in [-0.4, -0.2) is 10.5 Å². The van der Waals surface area contributed by atoms with Crippen LogP contribution in [0.5, 0.6) is 0 Å². The summed E-state index contributed by atoms with van der Waals surface area (Å²) in [6.45, 7) is 0. The molecule has 1 amide bonds. The highest BCUT2D eigenvalue weighted by atomic mass is 127. The number of halogens is 1. The van der Waals surface area contributed by atoms with E-state index in [4.69, 9.17) is 0 Å². The van der Waals surface area contributed by atoms with Crippen LogP contribution in [0.4, 0.5) is 5.00 Å². The summed E-state index contributed by atoms with van der Waals surface area (Å²) in [7, 11) is 0. The summed E-state index contributed by atoms with van der Waals surface area (Å²) in [4.78, 5) is 14.0. The molecule has 2 aromatic heterocycles. The lowest BCUT2D eigenvalue weighted by Crippen LogP contribution is -2.13. The lowest BCUT2D eigenvalue weighted by atomic mass is 9.96. The van der Waals surface area contributed by atoms with Crippen LogP contribution in [0.25, 0.3) is 11.8 Å². The van der Waals surface area contributed by atoms with Gasteiger partial charge in [-0.25, -0.2) is 0 Å². The molecule has 1 aromatic carbocycles. The molecule has 0 atom stereocenters. The quantitative estimate of drug-likeness (QED) is 0.281. The van der Waals surface area contributed by atoms with Crippen molar-refractivity contribution in [2.45, 2.75) is 25.7 Å². The van der Waals surface area contributed by atoms with Gasteiger partial charge in [-0.3, -0.25) is 4.79 Å². The fraction of sp³-hybridized carbons (Fsp3) is 0.174. The van der Waals surface area contributed by atoms with E-state index in [0.717, 1.165) is 46.2 Å². The van der Waals surface area contributed by atoms with Crippen molar-refractivity contribution in [1.29, 1.82) is 10.5 Å². The van der Waals surface area contributed by atoms with Gasteiger partial charge in [-0.05, 0) is 96.3 Å². The first-order valence-corrected chi connectivity index (χ1v) is 11.4. The Morgan fingerprint density at radius 2 is 1.93 bits per heavy atom. The van der Waals surface area contributed by atoms with Crippen molar-refractivity contribution in [3.8, 4) is 17.8 Å². The third-order valence-corrected chi connectivity index (χ3v) is 6.98. The van der Waals surface area contributed by atoms with E-state index in [2.05, 4.69) is 34.0 Å². The van der Waals surface area contributed by atoms with Gasteiger partial charge in [0.25, 0.3) is 5.91 Å². The monoisotopic (exact) mass is 524 g/mol. The summed E-state index contributed by atoms with van der Waals surface area (Å²) in [5.74, 6) is -0.497. The van der Waals surface area contributed by atoms with Crippen LogP contribution in [0.15, 0.2) is 48.2 Å². The van der Waals surface area contributed by atoms with E-state index in [1.54, 1.807) is 6.08 Å². The Kier molecular flexibility index (Phi) is 6.03. The highest BCUT2D eigenvalue weighted by Crippen LogP contribution is 2.37. The Bertz CT molecular complexity index is 1220. The van der Waals surface area contributed by atoms with Crippen LogP contribution in [0.3, 0.4) is 0 Å². The molecule has 0 unspecified atom stereocenters. The summed E-state index contributed by atoms with van der Waals surface area (Å²) in [5.41, 5.74) is 3.27. The number of amides is 1. The summed E-state index contributed by atoms with van der Waals surface area (Å²) >= 11 is 3.70. The molecule has 4 rings (SSSR count). The van der Waals surface area contributed by atoms with Gasteiger partial charge in [-0.15, -0.1) is 11.3 Å². The fourth-order valence-electron chi connectivity index (χ4n) is 3.59. The number of thiophene rings is 1. The number of nitriles is 2. The standard InChI is InChI=1S/C23H17IN4OS/c24-16-7-9-17(10-8-16)28-11-3-4-18(28)12-15(13-25)22(29)27-23-20(14-26)19-5-1-2-6-21(19)30-23/h3-4,7-12H,1-2,5-6H2,(H,27,29)/b15-12+. The molecule has 1 aliphatic carbocycles. The molecule has 0 radical (unpaired) electrons. The normalized spacial score (nSPS) is 13.2. The predicted molar refractivity (Wildman–Crippen MR) is 126 cm³/mol. The zero-order valence-corrected chi connectivity index (χ0v) is 19.0. The van der Waals surface area contributed by atoms with Crippen LogP contribution in [0.1, 0.15) is 34.5 Å². The second-order valence-electron chi connectivity index (χ2n) is 6.93. The number of hydrogen-bond acceptors (Lipinski definition) is 4. The largest absolute Gasteiger partial charge is 0.317 e. The van der Waals surface area contributed by atoms with Crippen LogP contribution in [-0.2, 0) is 17.6 Å². The average molecular weight is 524 g/mol. The SMILES string of the molecule is N#C/C(=C\c1cccn1-c1ccc(I)cc1)C(=O)Nc1sc2c(c1C#N)CCCC2. The van der Waals surface area contributed by atoms with Gasteiger partial charge in [0.05, 0.1) is 5.56 Å². The third kappa shape index (κ3) is 4.04. The summed E-state index contributed by atoms with van der Waals surface area (Å²) in [6, 6.07) is 15.9. The number of aryl methyl sites for hydroxylation is 1. The Hall–Kier alpha value is -2.88. The smallest absolute Gasteiger partial charge is 0.267 e.